The molecule has 24 heavy (non-hydrogen) atoms. The highest BCUT2D eigenvalue weighted by atomic mass is 35.5. The van der Waals surface area contributed by atoms with Crippen molar-refractivity contribution >= 4 is 11.6 Å². The monoisotopic (exact) mass is 355 g/mol. The Balaban J connectivity index is 2.20. The maximum absolute atomic E-state index is 11.5. The van der Waals surface area contributed by atoms with E-state index in [4.69, 9.17) is 11.6 Å². The van der Waals surface area contributed by atoms with E-state index in [1.54, 1.807) is 0 Å². The molecule has 4 heteroatoms. The largest absolute Gasteiger partial charge is 0.385 e. The molecule has 138 valence electrons. The highest BCUT2D eigenvalue weighted by Gasteiger charge is 2.51. The van der Waals surface area contributed by atoms with Crippen LogP contribution in [0.3, 0.4) is 0 Å². The van der Waals surface area contributed by atoms with E-state index in [0.29, 0.717) is 25.4 Å². The SMILES string of the molecule is CC1CC([C@@]2(O)CCN(C(O)[C@H](C)C(C)C)CC2(C)C)=CC=C1Cl. The minimum absolute atomic E-state index is 0.211. The lowest BCUT2D eigenvalue weighted by atomic mass is 9.64. The lowest BCUT2D eigenvalue weighted by Gasteiger charge is -2.53. The summed E-state index contributed by atoms with van der Waals surface area (Å²) in [5, 5.41) is 23.1. The number of halogens is 1. The normalized spacial score (nSPS) is 33.8. The molecule has 0 spiro atoms. The first-order valence-electron chi connectivity index (χ1n) is 9.21. The molecular formula is C20H34ClNO2. The first kappa shape index (κ1) is 20.0. The number of hydrogen-bond donors (Lipinski definition) is 2. The predicted octanol–water partition coefficient (Wildman–Crippen LogP) is 4.15. The van der Waals surface area contributed by atoms with Gasteiger partial charge in [-0.2, -0.15) is 0 Å². The average Bonchev–Trinajstić information content (AvgIpc) is 2.50. The number of piperidine rings is 1. The molecule has 0 aromatic carbocycles. The van der Waals surface area contributed by atoms with Crippen molar-refractivity contribution in [1.29, 1.82) is 0 Å². The lowest BCUT2D eigenvalue weighted by molar-refractivity contribution is -0.145. The number of rotatable bonds is 4. The van der Waals surface area contributed by atoms with Crippen molar-refractivity contribution in [3.05, 3.63) is 22.8 Å². The predicted molar refractivity (Wildman–Crippen MR) is 101 cm³/mol. The number of aliphatic hydroxyl groups excluding tert-OH is 1. The van der Waals surface area contributed by atoms with Crippen molar-refractivity contribution in [3.8, 4) is 0 Å². The molecule has 1 fully saturated rings. The molecule has 1 aliphatic heterocycles. The second kappa shape index (κ2) is 7.11. The quantitative estimate of drug-likeness (QED) is 0.796. The molecule has 2 unspecified atom stereocenters. The first-order valence-corrected chi connectivity index (χ1v) is 9.58. The van der Waals surface area contributed by atoms with E-state index in [9.17, 15) is 10.2 Å². The Labute approximate surface area is 152 Å². The zero-order valence-corrected chi connectivity index (χ0v) is 16.8. The van der Waals surface area contributed by atoms with Gasteiger partial charge in [-0.15, -0.1) is 0 Å². The maximum atomic E-state index is 11.5. The van der Waals surface area contributed by atoms with Gasteiger partial charge in [-0.3, -0.25) is 4.90 Å². The number of aliphatic hydroxyl groups is 2. The van der Waals surface area contributed by atoms with E-state index in [1.807, 2.05) is 12.2 Å². The zero-order chi connectivity index (χ0) is 18.3. The summed E-state index contributed by atoms with van der Waals surface area (Å²) < 4.78 is 0. The number of likely N-dealkylation sites (tertiary alicyclic amines) is 1. The van der Waals surface area contributed by atoms with E-state index in [-0.39, 0.29) is 17.3 Å². The fraction of sp³-hybridized carbons (Fsp3) is 0.800. The van der Waals surface area contributed by atoms with Crippen molar-refractivity contribution in [3.63, 3.8) is 0 Å². The number of allylic oxidation sites excluding steroid dienone is 3. The van der Waals surface area contributed by atoms with E-state index in [0.717, 1.165) is 17.0 Å². The molecule has 0 aromatic heterocycles. The third-order valence-corrected chi connectivity index (χ3v) is 6.85. The minimum atomic E-state index is -0.841. The molecule has 2 rings (SSSR count). The lowest BCUT2D eigenvalue weighted by Crippen LogP contribution is -2.61. The Bertz CT molecular complexity index is 526. The van der Waals surface area contributed by atoms with Crippen molar-refractivity contribution < 1.29 is 10.2 Å². The van der Waals surface area contributed by atoms with Crippen LogP contribution in [0.1, 0.15) is 54.4 Å². The van der Waals surface area contributed by atoms with Crippen molar-refractivity contribution in [1.82, 2.24) is 4.90 Å². The third kappa shape index (κ3) is 3.60. The highest BCUT2D eigenvalue weighted by molar-refractivity contribution is 6.30. The van der Waals surface area contributed by atoms with Crippen LogP contribution in [0, 0.1) is 23.2 Å². The van der Waals surface area contributed by atoms with E-state index in [2.05, 4.69) is 46.4 Å². The molecule has 0 aromatic rings. The topological polar surface area (TPSA) is 43.7 Å². The third-order valence-electron chi connectivity index (χ3n) is 6.35. The Morgan fingerprint density at radius 2 is 1.88 bits per heavy atom. The van der Waals surface area contributed by atoms with Gasteiger partial charge in [0.05, 0.1) is 5.60 Å². The minimum Gasteiger partial charge on any atom is -0.385 e. The van der Waals surface area contributed by atoms with Gasteiger partial charge >= 0.3 is 0 Å². The van der Waals surface area contributed by atoms with E-state index in [1.165, 1.54) is 0 Å². The molecule has 2 aliphatic rings. The molecule has 0 amide bonds. The van der Waals surface area contributed by atoms with Crippen LogP contribution in [0.4, 0.5) is 0 Å². The van der Waals surface area contributed by atoms with Crippen molar-refractivity contribution in [2.75, 3.05) is 13.1 Å². The van der Waals surface area contributed by atoms with Gasteiger partial charge in [0.25, 0.3) is 0 Å². The molecular weight excluding hydrogens is 322 g/mol. The maximum Gasteiger partial charge on any atom is 0.110 e. The Morgan fingerprint density at radius 3 is 2.38 bits per heavy atom. The van der Waals surface area contributed by atoms with Crippen LogP contribution in [0.25, 0.3) is 0 Å². The molecule has 0 bridgehead atoms. The Hall–Kier alpha value is -0.350. The standard InChI is InChI=1S/C20H34ClNO2/c1-13(2)15(4)18(23)22-10-9-20(24,19(5,6)12-22)16-7-8-17(21)14(3)11-16/h7-8,13-15,18,23-24H,9-12H2,1-6H3/t14?,15-,18?,20+/m1/s1. The van der Waals surface area contributed by atoms with Crippen LogP contribution in [-0.4, -0.2) is 40.0 Å². The molecule has 0 radical (unpaired) electrons. The van der Waals surface area contributed by atoms with Gasteiger partial charge in [0.15, 0.2) is 0 Å². The molecule has 1 saturated heterocycles. The van der Waals surface area contributed by atoms with E-state index < -0.39 is 11.8 Å². The van der Waals surface area contributed by atoms with E-state index >= 15 is 0 Å². The van der Waals surface area contributed by atoms with Crippen molar-refractivity contribution in [2.24, 2.45) is 23.2 Å². The van der Waals surface area contributed by atoms with Gasteiger partial charge in [-0.05, 0) is 42.2 Å². The fourth-order valence-corrected chi connectivity index (χ4v) is 4.15. The Kier molecular flexibility index (Phi) is 5.91. The molecule has 1 aliphatic carbocycles. The smallest absolute Gasteiger partial charge is 0.110 e. The fourth-order valence-electron chi connectivity index (χ4n) is 4.01. The summed E-state index contributed by atoms with van der Waals surface area (Å²) in [6, 6.07) is 0. The average molecular weight is 356 g/mol. The molecule has 2 N–H and O–H groups in total. The van der Waals surface area contributed by atoms with Crippen LogP contribution >= 0.6 is 11.6 Å². The van der Waals surface area contributed by atoms with Gasteiger partial charge in [-0.25, -0.2) is 0 Å². The molecule has 3 nitrogen and oxygen atoms in total. The zero-order valence-electron chi connectivity index (χ0n) is 16.0. The molecule has 0 saturated carbocycles. The highest BCUT2D eigenvalue weighted by Crippen LogP contribution is 2.47. The van der Waals surface area contributed by atoms with Gasteiger partial charge in [0, 0.05) is 23.5 Å². The Morgan fingerprint density at radius 1 is 1.25 bits per heavy atom. The number of nitrogens with zero attached hydrogens (tertiary/aromatic N) is 1. The summed E-state index contributed by atoms with van der Waals surface area (Å²) in [6.45, 7) is 14.1. The summed E-state index contributed by atoms with van der Waals surface area (Å²) in [7, 11) is 0. The van der Waals surface area contributed by atoms with Crippen LogP contribution < -0.4 is 0 Å². The van der Waals surface area contributed by atoms with Crippen molar-refractivity contribution in [2.45, 2.75) is 66.2 Å². The number of hydrogen-bond acceptors (Lipinski definition) is 3. The summed E-state index contributed by atoms with van der Waals surface area (Å²) in [4.78, 5) is 2.13. The molecule has 1 heterocycles. The summed E-state index contributed by atoms with van der Waals surface area (Å²) in [5.41, 5.74) is -0.0888. The van der Waals surface area contributed by atoms with Gasteiger partial charge in [0.1, 0.15) is 6.23 Å². The van der Waals surface area contributed by atoms with Crippen LogP contribution in [0.2, 0.25) is 0 Å². The summed E-state index contributed by atoms with van der Waals surface area (Å²) in [6.07, 6.45) is 4.93. The molecule has 4 atom stereocenters. The van der Waals surface area contributed by atoms with Crippen LogP contribution in [0.5, 0.6) is 0 Å². The van der Waals surface area contributed by atoms with Gasteiger partial charge in [0.2, 0.25) is 0 Å². The second-order valence-corrected chi connectivity index (χ2v) is 9.27. The van der Waals surface area contributed by atoms with Crippen LogP contribution in [-0.2, 0) is 0 Å². The van der Waals surface area contributed by atoms with Gasteiger partial charge < -0.3 is 10.2 Å². The summed E-state index contributed by atoms with van der Waals surface area (Å²) in [5.74, 6) is 0.900. The second-order valence-electron chi connectivity index (χ2n) is 8.83. The summed E-state index contributed by atoms with van der Waals surface area (Å²) >= 11 is 6.21. The first-order chi connectivity index (χ1) is 11.0. The van der Waals surface area contributed by atoms with Crippen LogP contribution in [0.15, 0.2) is 22.8 Å². The van der Waals surface area contributed by atoms with Gasteiger partial charge in [-0.1, -0.05) is 59.2 Å².